The summed E-state index contributed by atoms with van der Waals surface area (Å²) in [5.74, 6) is 0.214. The fraction of sp³-hybridized carbons (Fsp3) is 0.211. The molecule has 0 spiro atoms. The third-order valence-electron chi connectivity index (χ3n) is 3.90. The zero-order valence-electron chi connectivity index (χ0n) is 15.4. The maximum Gasteiger partial charge on any atom is 0.413 e. The standard InChI is InChI=1S/C19H19N5O3S/c1-13(17(25)21-19(26)27-2)28-18-23-22-16(15-8-10-20-11-9-15)24(18)12-14-6-4-3-5-7-14/h3-11,13H,12H2,1-2H3,(H,21,25,26)/t13-/m0/s1. The van der Waals surface area contributed by atoms with Crippen LogP contribution >= 0.6 is 11.8 Å². The van der Waals surface area contributed by atoms with Gasteiger partial charge in [-0.25, -0.2) is 4.79 Å². The Kier molecular flexibility index (Phi) is 6.38. The normalized spacial score (nSPS) is 11.6. The van der Waals surface area contributed by atoms with Crippen LogP contribution in [0.4, 0.5) is 4.79 Å². The van der Waals surface area contributed by atoms with Crippen LogP contribution in [0.1, 0.15) is 12.5 Å². The van der Waals surface area contributed by atoms with Crippen molar-refractivity contribution in [3.05, 3.63) is 60.4 Å². The molecule has 0 aliphatic heterocycles. The third-order valence-corrected chi connectivity index (χ3v) is 4.98. The lowest BCUT2D eigenvalue weighted by Crippen LogP contribution is -2.36. The van der Waals surface area contributed by atoms with E-state index >= 15 is 0 Å². The van der Waals surface area contributed by atoms with Gasteiger partial charge >= 0.3 is 6.09 Å². The summed E-state index contributed by atoms with van der Waals surface area (Å²) < 4.78 is 6.41. The van der Waals surface area contributed by atoms with Gasteiger partial charge in [0, 0.05) is 18.0 Å². The Morgan fingerprint density at radius 3 is 2.54 bits per heavy atom. The number of ether oxygens (including phenoxy) is 1. The minimum Gasteiger partial charge on any atom is -0.453 e. The highest BCUT2D eigenvalue weighted by Gasteiger charge is 2.22. The number of hydrogen-bond donors (Lipinski definition) is 1. The highest BCUT2D eigenvalue weighted by atomic mass is 32.2. The molecule has 1 N–H and O–H groups in total. The van der Waals surface area contributed by atoms with E-state index in [0.717, 1.165) is 11.1 Å². The van der Waals surface area contributed by atoms with E-state index in [-0.39, 0.29) is 0 Å². The van der Waals surface area contributed by atoms with Crippen molar-refractivity contribution in [2.75, 3.05) is 7.11 Å². The number of alkyl carbamates (subject to hydrolysis) is 1. The molecule has 144 valence electrons. The maximum atomic E-state index is 12.2. The molecule has 2 aromatic heterocycles. The molecule has 1 atom stereocenters. The number of methoxy groups -OCH3 is 1. The maximum absolute atomic E-state index is 12.2. The Morgan fingerprint density at radius 2 is 1.86 bits per heavy atom. The van der Waals surface area contributed by atoms with Crippen molar-refractivity contribution < 1.29 is 14.3 Å². The van der Waals surface area contributed by atoms with Crippen LogP contribution in [0, 0.1) is 0 Å². The quantitative estimate of drug-likeness (QED) is 0.639. The van der Waals surface area contributed by atoms with E-state index in [1.165, 1.54) is 18.9 Å². The van der Waals surface area contributed by atoms with Crippen molar-refractivity contribution >= 4 is 23.8 Å². The minimum absolute atomic E-state index is 0.462. The molecule has 0 saturated heterocycles. The third kappa shape index (κ3) is 4.74. The van der Waals surface area contributed by atoms with E-state index in [4.69, 9.17) is 0 Å². The molecule has 2 heterocycles. The Hall–Kier alpha value is -3.20. The number of carbonyl (C=O) groups excluding carboxylic acids is 2. The first kappa shape index (κ1) is 19.6. The Morgan fingerprint density at radius 1 is 1.14 bits per heavy atom. The number of benzene rings is 1. The molecule has 0 bridgehead atoms. The van der Waals surface area contributed by atoms with Crippen molar-refractivity contribution in [3.8, 4) is 11.4 Å². The summed E-state index contributed by atoms with van der Waals surface area (Å²) in [5.41, 5.74) is 1.95. The molecule has 0 fully saturated rings. The van der Waals surface area contributed by atoms with Crippen LogP contribution in [-0.2, 0) is 16.1 Å². The van der Waals surface area contributed by atoms with Crippen molar-refractivity contribution in [3.63, 3.8) is 0 Å². The predicted octanol–water partition coefficient (Wildman–Crippen LogP) is 2.75. The van der Waals surface area contributed by atoms with E-state index in [2.05, 4.69) is 25.2 Å². The lowest BCUT2D eigenvalue weighted by molar-refractivity contribution is -0.119. The number of rotatable bonds is 6. The topological polar surface area (TPSA) is 99.0 Å². The number of aromatic nitrogens is 4. The van der Waals surface area contributed by atoms with Crippen molar-refractivity contribution in [2.45, 2.75) is 23.9 Å². The van der Waals surface area contributed by atoms with E-state index in [0.29, 0.717) is 17.5 Å². The van der Waals surface area contributed by atoms with Crippen LogP contribution in [0.15, 0.2) is 60.0 Å². The number of carbonyl (C=O) groups is 2. The lowest BCUT2D eigenvalue weighted by atomic mass is 10.2. The molecule has 8 nitrogen and oxygen atoms in total. The fourth-order valence-corrected chi connectivity index (χ4v) is 3.31. The molecule has 2 amide bonds. The van der Waals surface area contributed by atoms with Crippen LogP contribution < -0.4 is 5.32 Å². The number of hydrogen-bond acceptors (Lipinski definition) is 7. The summed E-state index contributed by atoms with van der Waals surface area (Å²) >= 11 is 1.22. The molecule has 1 aromatic carbocycles. The van der Waals surface area contributed by atoms with Crippen molar-refractivity contribution in [2.24, 2.45) is 0 Å². The van der Waals surface area contributed by atoms with Crippen LogP contribution in [0.5, 0.6) is 0 Å². The van der Waals surface area contributed by atoms with Crippen molar-refractivity contribution in [1.82, 2.24) is 25.1 Å². The molecule has 9 heteroatoms. The Bertz CT molecular complexity index is 947. The zero-order chi connectivity index (χ0) is 19.9. The molecular weight excluding hydrogens is 378 g/mol. The molecule has 0 radical (unpaired) electrons. The van der Waals surface area contributed by atoms with Crippen molar-refractivity contribution in [1.29, 1.82) is 0 Å². The molecule has 3 aromatic rings. The second-order valence-electron chi connectivity index (χ2n) is 5.85. The Labute approximate surface area is 166 Å². The first-order valence-corrected chi connectivity index (χ1v) is 9.39. The molecule has 0 unspecified atom stereocenters. The number of thioether (sulfide) groups is 1. The molecular formula is C19H19N5O3S. The van der Waals surface area contributed by atoms with Crippen LogP contribution in [0.2, 0.25) is 0 Å². The summed E-state index contributed by atoms with van der Waals surface area (Å²) in [7, 11) is 1.21. The van der Waals surface area contributed by atoms with Gasteiger partial charge in [0.2, 0.25) is 5.91 Å². The van der Waals surface area contributed by atoms with Crippen LogP contribution in [0.25, 0.3) is 11.4 Å². The van der Waals surface area contributed by atoms with Gasteiger partial charge in [-0.05, 0) is 24.6 Å². The highest BCUT2D eigenvalue weighted by Crippen LogP contribution is 2.27. The fourth-order valence-electron chi connectivity index (χ4n) is 2.46. The zero-order valence-corrected chi connectivity index (χ0v) is 16.2. The van der Waals surface area contributed by atoms with Gasteiger partial charge in [-0.1, -0.05) is 42.1 Å². The molecule has 0 saturated carbocycles. The largest absolute Gasteiger partial charge is 0.453 e. The first-order valence-electron chi connectivity index (χ1n) is 8.51. The predicted molar refractivity (Wildman–Crippen MR) is 105 cm³/mol. The first-order chi connectivity index (χ1) is 13.6. The van der Waals surface area contributed by atoms with Crippen LogP contribution in [0.3, 0.4) is 0 Å². The number of imide groups is 1. The summed E-state index contributed by atoms with van der Waals surface area (Å²) in [5, 5.41) is 10.8. The van der Waals surface area contributed by atoms with Gasteiger partial charge in [0.05, 0.1) is 18.9 Å². The number of pyridine rings is 1. The highest BCUT2D eigenvalue weighted by molar-refractivity contribution is 8.00. The minimum atomic E-state index is -0.791. The molecule has 0 aliphatic carbocycles. The van der Waals surface area contributed by atoms with Gasteiger partial charge in [0.1, 0.15) is 0 Å². The average molecular weight is 397 g/mol. The molecule has 0 aliphatic rings. The Balaban J connectivity index is 1.89. The summed E-state index contributed by atoms with van der Waals surface area (Å²) in [4.78, 5) is 27.5. The summed E-state index contributed by atoms with van der Waals surface area (Å²) in [6, 6.07) is 13.6. The van der Waals surface area contributed by atoms with Gasteiger partial charge in [-0.15, -0.1) is 10.2 Å². The van der Waals surface area contributed by atoms with E-state index < -0.39 is 17.3 Å². The summed E-state index contributed by atoms with van der Waals surface area (Å²) in [6.07, 6.45) is 2.59. The monoisotopic (exact) mass is 397 g/mol. The van der Waals surface area contributed by atoms with E-state index in [9.17, 15) is 9.59 Å². The number of nitrogens with one attached hydrogen (secondary N) is 1. The van der Waals surface area contributed by atoms with E-state index in [1.54, 1.807) is 19.3 Å². The molecule has 3 rings (SSSR count). The average Bonchev–Trinajstić information content (AvgIpc) is 3.11. The number of nitrogens with zero attached hydrogens (tertiary/aromatic N) is 4. The molecule has 28 heavy (non-hydrogen) atoms. The van der Waals surface area contributed by atoms with Gasteiger partial charge in [-0.2, -0.15) is 0 Å². The van der Waals surface area contributed by atoms with Gasteiger partial charge in [0.25, 0.3) is 0 Å². The summed E-state index contributed by atoms with van der Waals surface area (Å²) in [6.45, 7) is 2.23. The lowest BCUT2D eigenvalue weighted by Gasteiger charge is -2.13. The van der Waals surface area contributed by atoms with Gasteiger partial charge < -0.3 is 4.74 Å². The second-order valence-corrected chi connectivity index (χ2v) is 7.16. The number of amides is 2. The van der Waals surface area contributed by atoms with Gasteiger partial charge in [0.15, 0.2) is 11.0 Å². The second kappa shape index (κ2) is 9.14. The smallest absolute Gasteiger partial charge is 0.413 e. The SMILES string of the molecule is COC(=O)NC(=O)[C@H](C)Sc1nnc(-c2ccncc2)n1Cc1ccccc1. The van der Waals surface area contributed by atoms with Gasteiger partial charge in [-0.3, -0.25) is 19.7 Å². The van der Waals surface area contributed by atoms with E-state index in [1.807, 2.05) is 47.0 Å². The van der Waals surface area contributed by atoms with Crippen LogP contribution in [-0.4, -0.2) is 44.1 Å².